The van der Waals surface area contributed by atoms with Crippen LogP contribution in [0.2, 0.25) is 0 Å². The maximum atomic E-state index is 13.0. The number of piperidine rings is 1. The highest BCUT2D eigenvalue weighted by molar-refractivity contribution is 7.89. The number of aromatic nitrogens is 1. The van der Waals surface area contributed by atoms with Crippen molar-refractivity contribution in [3.05, 3.63) is 47.3 Å². The number of hydrogen-bond donors (Lipinski definition) is 0. The molecule has 0 unspecified atom stereocenters. The molecular weight excluding hydrogens is 474 g/mol. The Hall–Kier alpha value is -2.69. The highest BCUT2D eigenvalue weighted by Crippen LogP contribution is 2.29. The fraction of sp³-hybridized carbons (Fsp3) is 0.417. The van der Waals surface area contributed by atoms with Gasteiger partial charge in [0.15, 0.2) is 4.80 Å². The number of ether oxygens (including phenoxy) is 2. The average molecular weight is 504 g/mol. The smallest absolute Gasteiger partial charge is 0.251 e. The second kappa shape index (κ2) is 10.3. The van der Waals surface area contributed by atoms with Crippen molar-refractivity contribution in [1.82, 2.24) is 8.87 Å². The summed E-state index contributed by atoms with van der Waals surface area (Å²) in [6, 6.07) is 12.2. The number of hydrogen-bond acceptors (Lipinski definition) is 6. The van der Waals surface area contributed by atoms with E-state index >= 15 is 0 Å². The van der Waals surface area contributed by atoms with Crippen molar-refractivity contribution in [3.63, 3.8) is 0 Å². The molecule has 0 radical (unpaired) electrons. The number of methoxy groups -OCH3 is 1. The maximum absolute atomic E-state index is 13.0. The van der Waals surface area contributed by atoms with E-state index in [2.05, 4.69) is 4.99 Å². The van der Waals surface area contributed by atoms with E-state index in [0.29, 0.717) is 36.5 Å². The van der Waals surface area contributed by atoms with Gasteiger partial charge in [0.25, 0.3) is 5.91 Å². The number of thiazole rings is 1. The molecule has 3 aromatic rings. The molecule has 1 amide bonds. The van der Waals surface area contributed by atoms with Crippen LogP contribution < -0.4 is 14.3 Å². The number of para-hydroxylation sites is 1. The average Bonchev–Trinajstić information content (AvgIpc) is 3.22. The summed E-state index contributed by atoms with van der Waals surface area (Å²) in [5.41, 5.74) is 0.948. The maximum Gasteiger partial charge on any atom is 0.251 e. The minimum Gasteiger partial charge on any atom is -0.497 e. The van der Waals surface area contributed by atoms with Gasteiger partial charge in [0.1, 0.15) is 17.0 Å². The Morgan fingerprint density at radius 1 is 1.12 bits per heavy atom. The van der Waals surface area contributed by atoms with Crippen LogP contribution in [0.5, 0.6) is 11.5 Å². The van der Waals surface area contributed by atoms with Crippen molar-refractivity contribution in [2.75, 3.05) is 26.8 Å². The lowest BCUT2D eigenvalue weighted by molar-refractivity contribution is -0.122. The van der Waals surface area contributed by atoms with Crippen molar-refractivity contribution in [1.29, 1.82) is 0 Å². The number of sulfonamides is 1. The number of nitrogens with zero attached hydrogens (tertiary/aromatic N) is 3. The van der Waals surface area contributed by atoms with Gasteiger partial charge in [0.2, 0.25) is 10.0 Å². The van der Waals surface area contributed by atoms with Crippen LogP contribution in [0.4, 0.5) is 0 Å². The molecule has 1 aromatic heterocycles. The summed E-state index contributed by atoms with van der Waals surface area (Å²) in [7, 11) is -2.08. The van der Waals surface area contributed by atoms with Crippen LogP contribution >= 0.6 is 11.3 Å². The molecule has 2 aromatic carbocycles. The Kier molecular flexibility index (Phi) is 7.39. The Morgan fingerprint density at radius 3 is 2.44 bits per heavy atom. The number of rotatable bonds is 7. The molecule has 10 heteroatoms. The molecule has 182 valence electrons. The fourth-order valence-corrected chi connectivity index (χ4v) is 6.76. The molecule has 2 heterocycles. The Balaban J connectivity index is 1.51. The first-order chi connectivity index (χ1) is 16.4. The molecular formula is C24H29N3O5S2. The van der Waals surface area contributed by atoms with Crippen LogP contribution in [-0.4, -0.2) is 50.0 Å². The number of fused-ring (bicyclic) bond motifs is 1. The lowest BCUT2D eigenvalue weighted by Gasteiger charge is -2.29. The zero-order valence-corrected chi connectivity index (χ0v) is 21.2. The standard InChI is InChI=1S/C24H29N3O5S2/c1-4-27-22-20(32-5-2)7-6-8-21(22)33-24(27)25-23(28)17-13-15-26(16-14-17)34(29,30)19-11-9-18(31-3)10-12-19/h6-12,17H,4-5,13-16H2,1-3H3. The van der Waals surface area contributed by atoms with Gasteiger partial charge in [-0.2, -0.15) is 9.30 Å². The number of carbonyl (C=O) groups excluding carboxylic acids is 1. The van der Waals surface area contributed by atoms with Crippen LogP contribution in [0.15, 0.2) is 52.4 Å². The van der Waals surface area contributed by atoms with E-state index in [4.69, 9.17) is 9.47 Å². The highest BCUT2D eigenvalue weighted by atomic mass is 32.2. The number of carbonyl (C=O) groups is 1. The normalized spacial score (nSPS) is 16.1. The summed E-state index contributed by atoms with van der Waals surface area (Å²) in [5.74, 6) is 0.880. The predicted octanol–water partition coefficient (Wildman–Crippen LogP) is 3.66. The van der Waals surface area contributed by atoms with Crippen LogP contribution in [0, 0.1) is 5.92 Å². The molecule has 1 aliphatic heterocycles. The van der Waals surface area contributed by atoms with Crippen molar-refractivity contribution < 1.29 is 22.7 Å². The van der Waals surface area contributed by atoms with Gasteiger partial charge >= 0.3 is 0 Å². The minimum absolute atomic E-state index is 0.201. The predicted molar refractivity (Wildman–Crippen MR) is 132 cm³/mol. The third-order valence-corrected chi connectivity index (χ3v) is 8.94. The Morgan fingerprint density at radius 2 is 1.82 bits per heavy atom. The lowest BCUT2D eigenvalue weighted by Crippen LogP contribution is -2.40. The summed E-state index contributed by atoms with van der Waals surface area (Å²) in [5, 5.41) is 0. The van der Waals surface area contributed by atoms with Gasteiger partial charge < -0.3 is 14.0 Å². The van der Waals surface area contributed by atoms with E-state index in [-0.39, 0.29) is 29.8 Å². The molecule has 1 fully saturated rings. The topological polar surface area (TPSA) is 90.2 Å². The Bertz CT molecular complexity index is 1340. The van der Waals surface area contributed by atoms with E-state index in [1.165, 1.54) is 22.8 Å². The summed E-state index contributed by atoms with van der Waals surface area (Å²) < 4.78 is 41.3. The van der Waals surface area contributed by atoms with Gasteiger partial charge in [-0.25, -0.2) is 8.42 Å². The van der Waals surface area contributed by atoms with Crippen LogP contribution in [0.1, 0.15) is 26.7 Å². The van der Waals surface area contributed by atoms with Gasteiger partial charge in [-0.1, -0.05) is 17.4 Å². The van der Waals surface area contributed by atoms with Crippen molar-refractivity contribution in [3.8, 4) is 11.5 Å². The van der Waals surface area contributed by atoms with Crippen LogP contribution in [0.3, 0.4) is 0 Å². The Labute approximate surface area is 203 Å². The molecule has 8 nitrogen and oxygen atoms in total. The molecule has 0 aliphatic carbocycles. The van der Waals surface area contributed by atoms with Crippen molar-refractivity contribution in [2.45, 2.75) is 38.1 Å². The first-order valence-electron chi connectivity index (χ1n) is 11.4. The van der Waals surface area contributed by atoms with E-state index in [1.54, 1.807) is 24.3 Å². The molecule has 0 saturated carbocycles. The monoisotopic (exact) mass is 503 g/mol. The largest absolute Gasteiger partial charge is 0.497 e. The highest BCUT2D eigenvalue weighted by Gasteiger charge is 2.32. The molecule has 0 bridgehead atoms. The van der Waals surface area contributed by atoms with Gasteiger partial charge in [-0.15, -0.1) is 0 Å². The molecule has 1 saturated heterocycles. The third kappa shape index (κ3) is 4.75. The molecule has 1 aliphatic rings. The van der Waals surface area contributed by atoms with E-state index in [0.717, 1.165) is 16.0 Å². The van der Waals surface area contributed by atoms with Gasteiger partial charge in [-0.3, -0.25) is 4.79 Å². The second-order valence-corrected chi connectivity index (χ2v) is 10.9. The lowest BCUT2D eigenvalue weighted by atomic mass is 9.98. The van der Waals surface area contributed by atoms with Crippen LogP contribution in [-0.2, 0) is 21.4 Å². The number of amides is 1. The SMILES string of the molecule is CCOc1cccc2sc(=NC(=O)C3CCN(S(=O)(=O)c4ccc(OC)cc4)CC3)n(CC)c12. The van der Waals surface area contributed by atoms with Gasteiger partial charge in [0.05, 0.1) is 23.3 Å². The molecule has 0 atom stereocenters. The number of aryl methyl sites for hydroxylation is 1. The summed E-state index contributed by atoms with van der Waals surface area (Å²) in [4.78, 5) is 18.4. The first kappa shape index (κ1) is 24.4. The van der Waals surface area contributed by atoms with Gasteiger partial charge in [0, 0.05) is 25.6 Å². The number of benzene rings is 2. The second-order valence-electron chi connectivity index (χ2n) is 7.97. The van der Waals surface area contributed by atoms with Gasteiger partial charge in [-0.05, 0) is 63.1 Å². The minimum atomic E-state index is -3.61. The van der Waals surface area contributed by atoms with Crippen molar-refractivity contribution in [2.24, 2.45) is 10.9 Å². The van der Waals surface area contributed by atoms with E-state index in [1.807, 2.05) is 36.6 Å². The van der Waals surface area contributed by atoms with Crippen molar-refractivity contribution >= 4 is 37.5 Å². The third-order valence-electron chi connectivity index (χ3n) is 5.99. The summed E-state index contributed by atoms with van der Waals surface area (Å²) in [6.07, 6.45) is 0.887. The summed E-state index contributed by atoms with van der Waals surface area (Å²) >= 11 is 1.46. The zero-order valence-electron chi connectivity index (χ0n) is 19.6. The first-order valence-corrected chi connectivity index (χ1v) is 13.6. The fourth-order valence-electron chi connectivity index (χ4n) is 4.17. The quantitative estimate of drug-likeness (QED) is 0.491. The molecule has 4 rings (SSSR count). The van der Waals surface area contributed by atoms with Crippen LogP contribution in [0.25, 0.3) is 10.2 Å². The zero-order chi connectivity index (χ0) is 24.3. The van der Waals surface area contributed by atoms with E-state index in [9.17, 15) is 13.2 Å². The van der Waals surface area contributed by atoms with E-state index < -0.39 is 10.0 Å². The molecule has 0 spiro atoms. The summed E-state index contributed by atoms with van der Waals surface area (Å²) in [6.45, 7) is 5.75. The molecule has 34 heavy (non-hydrogen) atoms. The molecule has 0 N–H and O–H groups in total.